The van der Waals surface area contributed by atoms with E-state index in [-0.39, 0.29) is 12.5 Å². The average Bonchev–Trinajstić information content (AvgIpc) is 2.45. The fourth-order valence-electron chi connectivity index (χ4n) is 1.59. The van der Waals surface area contributed by atoms with Crippen LogP contribution in [-0.4, -0.2) is 42.6 Å². The van der Waals surface area contributed by atoms with Gasteiger partial charge in [0.15, 0.2) is 0 Å². The largest absolute Gasteiger partial charge is 0.388 e. The molecule has 4 nitrogen and oxygen atoms in total. The molecule has 0 heterocycles. The highest BCUT2D eigenvalue weighted by atomic mass is 35.5. The van der Waals surface area contributed by atoms with E-state index in [4.69, 9.17) is 16.3 Å². The summed E-state index contributed by atoms with van der Waals surface area (Å²) >= 11 is 7.34. The Hall–Kier alpha value is -0.750. The second-order valence-electron chi connectivity index (χ2n) is 5.14. The van der Waals surface area contributed by atoms with Crippen molar-refractivity contribution in [2.45, 2.75) is 24.7 Å². The van der Waals surface area contributed by atoms with E-state index in [9.17, 15) is 9.90 Å². The molecule has 1 atom stereocenters. The van der Waals surface area contributed by atoms with E-state index in [1.165, 1.54) is 11.8 Å². The first kappa shape index (κ1) is 18.3. The maximum atomic E-state index is 11.7. The number of aliphatic hydroxyl groups is 1. The molecule has 1 aromatic carbocycles. The molecule has 0 spiro atoms. The van der Waals surface area contributed by atoms with Gasteiger partial charge in [-0.3, -0.25) is 4.79 Å². The van der Waals surface area contributed by atoms with Crippen LogP contribution in [0.2, 0.25) is 5.02 Å². The minimum Gasteiger partial charge on any atom is -0.388 e. The first-order valence-corrected chi connectivity index (χ1v) is 8.26. The summed E-state index contributed by atoms with van der Waals surface area (Å²) in [5.74, 6) is 1.04. The fourth-order valence-corrected chi connectivity index (χ4v) is 2.54. The third-order valence-corrected chi connectivity index (χ3v) is 4.18. The molecule has 0 aliphatic heterocycles. The van der Waals surface area contributed by atoms with E-state index in [2.05, 4.69) is 5.32 Å². The molecule has 1 amide bonds. The third kappa shape index (κ3) is 8.31. The number of halogens is 1. The average molecular weight is 332 g/mol. The number of benzene rings is 1. The van der Waals surface area contributed by atoms with Crippen LogP contribution in [0.4, 0.5) is 0 Å². The monoisotopic (exact) mass is 331 g/mol. The minimum atomic E-state index is -0.938. The highest BCUT2D eigenvalue weighted by Gasteiger charge is 2.20. The Morgan fingerprint density at radius 1 is 1.43 bits per heavy atom. The topological polar surface area (TPSA) is 58.6 Å². The molecule has 6 heteroatoms. The van der Waals surface area contributed by atoms with Crippen LogP contribution in [0.25, 0.3) is 0 Å². The molecule has 0 aromatic heterocycles. The summed E-state index contributed by atoms with van der Waals surface area (Å²) in [5, 5.41) is 13.5. The van der Waals surface area contributed by atoms with Crippen molar-refractivity contribution in [3.05, 3.63) is 34.9 Å². The van der Waals surface area contributed by atoms with E-state index in [1.807, 2.05) is 24.3 Å². The number of ether oxygens (including phenoxy) is 1. The van der Waals surface area contributed by atoms with Crippen LogP contribution in [0, 0.1) is 0 Å². The summed E-state index contributed by atoms with van der Waals surface area (Å²) in [7, 11) is 1.59. The predicted octanol–water partition coefficient (Wildman–Crippen LogP) is 2.48. The zero-order valence-electron chi connectivity index (χ0n) is 12.4. The van der Waals surface area contributed by atoms with E-state index in [1.54, 1.807) is 14.0 Å². The van der Waals surface area contributed by atoms with Crippen molar-refractivity contribution in [2.75, 3.05) is 26.0 Å². The van der Waals surface area contributed by atoms with Crippen LogP contribution >= 0.6 is 23.4 Å². The van der Waals surface area contributed by atoms with Gasteiger partial charge in [0.1, 0.15) is 0 Å². The van der Waals surface area contributed by atoms with Gasteiger partial charge in [-0.2, -0.15) is 0 Å². The lowest BCUT2D eigenvalue weighted by Crippen LogP contribution is -2.42. The smallest absolute Gasteiger partial charge is 0.230 e. The van der Waals surface area contributed by atoms with E-state index in [0.717, 1.165) is 11.3 Å². The predicted molar refractivity (Wildman–Crippen MR) is 87.7 cm³/mol. The second-order valence-corrected chi connectivity index (χ2v) is 6.56. The number of amides is 1. The molecule has 21 heavy (non-hydrogen) atoms. The molecule has 0 bridgehead atoms. The van der Waals surface area contributed by atoms with Crippen molar-refractivity contribution in [1.29, 1.82) is 0 Å². The van der Waals surface area contributed by atoms with Crippen LogP contribution in [0.15, 0.2) is 24.3 Å². The Morgan fingerprint density at radius 2 is 2.10 bits per heavy atom. The molecule has 0 fully saturated rings. The maximum absolute atomic E-state index is 11.7. The third-order valence-electron chi connectivity index (χ3n) is 2.93. The van der Waals surface area contributed by atoms with Gasteiger partial charge in [-0.25, -0.2) is 0 Å². The summed E-state index contributed by atoms with van der Waals surface area (Å²) in [6.07, 6.45) is 0.488. The van der Waals surface area contributed by atoms with Gasteiger partial charge < -0.3 is 15.2 Å². The molecule has 1 unspecified atom stereocenters. The minimum absolute atomic E-state index is 0.0772. The number of hydrogen-bond donors (Lipinski definition) is 2. The van der Waals surface area contributed by atoms with Crippen LogP contribution in [0.5, 0.6) is 0 Å². The maximum Gasteiger partial charge on any atom is 0.230 e. The van der Waals surface area contributed by atoms with E-state index >= 15 is 0 Å². The SMILES string of the molecule is COCCC(C)(O)CNC(=O)CSCc1ccc(Cl)cc1. The Balaban J connectivity index is 2.20. The molecular formula is C15H22ClNO3S. The van der Waals surface area contributed by atoms with Crippen molar-refractivity contribution in [2.24, 2.45) is 0 Å². The van der Waals surface area contributed by atoms with Gasteiger partial charge in [0.2, 0.25) is 5.91 Å². The number of rotatable bonds is 9. The Labute approximate surface area is 135 Å². The summed E-state index contributed by atoms with van der Waals surface area (Å²) in [5.41, 5.74) is 0.191. The van der Waals surface area contributed by atoms with Gasteiger partial charge in [-0.15, -0.1) is 11.8 Å². The molecule has 118 valence electrons. The first-order valence-electron chi connectivity index (χ1n) is 6.73. The number of hydrogen-bond acceptors (Lipinski definition) is 4. The molecule has 0 saturated carbocycles. The molecule has 0 radical (unpaired) electrons. The van der Waals surface area contributed by atoms with Gasteiger partial charge in [0.05, 0.1) is 11.4 Å². The molecular weight excluding hydrogens is 310 g/mol. The van der Waals surface area contributed by atoms with E-state index in [0.29, 0.717) is 23.8 Å². The number of nitrogens with one attached hydrogen (secondary N) is 1. The molecule has 0 aliphatic rings. The summed E-state index contributed by atoms with van der Waals surface area (Å²) in [4.78, 5) is 11.7. The van der Waals surface area contributed by atoms with Crippen molar-refractivity contribution in [1.82, 2.24) is 5.32 Å². The number of methoxy groups -OCH3 is 1. The van der Waals surface area contributed by atoms with Gasteiger partial charge in [-0.1, -0.05) is 23.7 Å². The lowest BCUT2D eigenvalue weighted by Gasteiger charge is -2.23. The Bertz CT molecular complexity index is 437. The van der Waals surface area contributed by atoms with Gasteiger partial charge >= 0.3 is 0 Å². The van der Waals surface area contributed by atoms with Crippen LogP contribution in [0.3, 0.4) is 0 Å². The summed E-state index contributed by atoms with van der Waals surface area (Å²) < 4.78 is 4.92. The van der Waals surface area contributed by atoms with Crippen LogP contribution in [0.1, 0.15) is 18.9 Å². The Morgan fingerprint density at radius 3 is 2.71 bits per heavy atom. The van der Waals surface area contributed by atoms with Gasteiger partial charge in [0.25, 0.3) is 0 Å². The van der Waals surface area contributed by atoms with Crippen molar-refractivity contribution in [3.8, 4) is 0 Å². The van der Waals surface area contributed by atoms with E-state index < -0.39 is 5.60 Å². The molecule has 0 aliphatic carbocycles. The fraction of sp³-hybridized carbons (Fsp3) is 0.533. The second kappa shape index (κ2) is 9.30. The quantitative estimate of drug-likeness (QED) is 0.730. The van der Waals surface area contributed by atoms with Crippen molar-refractivity contribution < 1.29 is 14.6 Å². The number of carbonyl (C=O) groups excluding carboxylic acids is 1. The number of carbonyl (C=O) groups is 1. The lowest BCUT2D eigenvalue weighted by molar-refractivity contribution is -0.119. The lowest BCUT2D eigenvalue weighted by atomic mass is 10.0. The number of thioether (sulfide) groups is 1. The molecule has 1 aromatic rings. The highest BCUT2D eigenvalue weighted by Crippen LogP contribution is 2.15. The zero-order valence-corrected chi connectivity index (χ0v) is 14.0. The van der Waals surface area contributed by atoms with Gasteiger partial charge in [0, 0.05) is 37.5 Å². The normalized spacial score (nSPS) is 13.7. The Kier molecular flexibility index (Phi) is 8.11. The highest BCUT2D eigenvalue weighted by molar-refractivity contribution is 7.99. The molecule has 0 saturated heterocycles. The van der Waals surface area contributed by atoms with Crippen molar-refractivity contribution >= 4 is 29.3 Å². The first-order chi connectivity index (χ1) is 9.93. The summed E-state index contributed by atoms with van der Waals surface area (Å²) in [6, 6.07) is 7.57. The standard InChI is InChI=1S/C15H22ClNO3S/c1-15(19,7-8-20-2)11-17-14(18)10-21-9-12-3-5-13(16)6-4-12/h3-6,19H,7-11H2,1-2H3,(H,17,18). The van der Waals surface area contributed by atoms with Crippen LogP contribution in [-0.2, 0) is 15.3 Å². The van der Waals surface area contributed by atoms with Crippen LogP contribution < -0.4 is 5.32 Å². The zero-order chi connectivity index (χ0) is 15.7. The molecule has 1 rings (SSSR count). The van der Waals surface area contributed by atoms with Crippen molar-refractivity contribution in [3.63, 3.8) is 0 Å². The van der Waals surface area contributed by atoms with Gasteiger partial charge in [-0.05, 0) is 24.6 Å². The molecule has 2 N–H and O–H groups in total. The summed E-state index contributed by atoms with van der Waals surface area (Å²) in [6.45, 7) is 2.39.